The first kappa shape index (κ1) is 13.8. The quantitative estimate of drug-likeness (QED) is 0.827. The Bertz CT molecular complexity index is 542. The van der Waals surface area contributed by atoms with Crippen LogP contribution in [0.2, 0.25) is 5.02 Å². The molecule has 4 heteroatoms. The third-order valence-corrected chi connectivity index (χ3v) is 4.28. The van der Waals surface area contributed by atoms with E-state index in [1.807, 2.05) is 43.5 Å². The Morgan fingerprint density at radius 3 is 2.72 bits per heavy atom. The Kier molecular flexibility index (Phi) is 4.59. The van der Waals surface area contributed by atoms with Gasteiger partial charge in [0.1, 0.15) is 0 Å². The molecule has 18 heavy (non-hydrogen) atoms. The van der Waals surface area contributed by atoms with Crippen LogP contribution in [-0.4, -0.2) is 10.1 Å². The molecule has 1 unspecified atom stereocenters. The first-order chi connectivity index (χ1) is 8.56. The van der Waals surface area contributed by atoms with Gasteiger partial charge in [0.25, 0.3) is 0 Å². The van der Waals surface area contributed by atoms with Crippen LogP contribution in [0, 0.1) is 10.5 Å². The van der Waals surface area contributed by atoms with Crippen LogP contribution in [0.15, 0.2) is 36.5 Å². The minimum atomic E-state index is -0.574. The normalized spacial score (nSPS) is 12.4. The molecular formula is C14H13ClINO. The third-order valence-electron chi connectivity index (χ3n) is 2.70. The molecule has 0 aliphatic heterocycles. The standard InChI is InChI=1S/C14H13ClINO/c1-9-2-4-11(17-8-9)7-14(18)10-3-5-13(16)12(15)6-10/h2-6,8,14,18H,7H2,1H3. The minimum Gasteiger partial charge on any atom is -0.388 e. The van der Waals surface area contributed by atoms with Crippen molar-refractivity contribution in [3.05, 3.63) is 61.9 Å². The van der Waals surface area contributed by atoms with Crippen molar-refractivity contribution >= 4 is 34.2 Å². The molecule has 2 rings (SSSR count). The first-order valence-electron chi connectivity index (χ1n) is 5.61. The zero-order valence-corrected chi connectivity index (χ0v) is 12.8. The molecule has 0 radical (unpaired) electrons. The lowest BCUT2D eigenvalue weighted by atomic mass is 10.0. The number of aryl methyl sites for hydroxylation is 1. The molecule has 1 N–H and O–H groups in total. The molecule has 2 aromatic rings. The molecule has 0 saturated heterocycles. The first-order valence-corrected chi connectivity index (χ1v) is 7.06. The highest BCUT2D eigenvalue weighted by molar-refractivity contribution is 14.1. The fourth-order valence-corrected chi connectivity index (χ4v) is 2.18. The second-order valence-electron chi connectivity index (χ2n) is 4.22. The van der Waals surface area contributed by atoms with Gasteiger partial charge in [-0.05, 0) is 58.8 Å². The van der Waals surface area contributed by atoms with E-state index in [1.54, 1.807) is 0 Å². The van der Waals surface area contributed by atoms with E-state index in [4.69, 9.17) is 11.6 Å². The van der Waals surface area contributed by atoms with Gasteiger partial charge >= 0.3 is 0 Å². The Labute approximate surface area is 125 Å². The lowest BCUT2D eigenvalue weighted by molar-refractivity contribution is 0.177. The van der Waals surface area contributed by atoms with E-state index >= 15 is 0 Å². The van der Waals surface area contributed by atoms with Crippen molar-refractivity contribution in [2.24, 2.45) is 0 Å². The molecule has 0 aliphatic carbocycles. The van der Waals surface area contributed by atoms with E-state index in [9.17, 15) is 5.11 Å². The molecule has 0 spiro atoms. The summed E-state index contributed by atoms with van der Waals surface area (Å²) < 4.78 is 0.985. The highest BCUT2D eigenvalue weighted by atomic mass is 127. The highest BCUT2D eigenvalue weighted by Gasteiger charge is 2.11. The molecular weight excluding hydrogens is 361 g/mol. The average molecular weight is 374 g/mol. The summed E-state index contributed by atoms with van der Waals surface area (Å²) in [5.74, 6) is 0. The Balaban J connectivity index is 2.13. The van der Waals surface area contributed by atoms with Gasteiger partial charge < -0.3 is 5.11 Å². The third kappa shape index (κ3) is 3.43. The summed E-state index contributed by atoms with van der Waals surface area (Å²) in [6, 6.07) is 9.54. The summed E-state index contributed by atoms with van der Waals surface area (Å²) >= 11 is 8.21. The van der Waals surface area contributed by atoms with Gasteiger partial charge in [0, 0.05) is 21.9 Å². The second-order valence-corrected chi connectivity index (χ2v) is 5.79. The molecule has 0 saturated carbocycles. The molecule has 0 amide bonds. The Morgan fingerprint density at radius 1 is 1.33 bits per heavy atom. The summed E-state index contributed by atoms with van der Waals surface area (Å²) in [6.07, 6.45) is 1.73. The molecule has 1 atom stereocenters. The van der Waals surface area contributed by atoms with E-state index < -0.39 is 6.10 Å². The predicted octanol–water partition coefficient (Wildman–Crippen LogP) is 3.92. The number of aliphatic hydroxyl groups excluding tert-OH is 1. The smallest absolute Gasteiger partial charge is 0.0846 e. The number of aliphatic hydroxyl groups is 1. The number of nitrogens with zero attached hydrogens (tertiary/aromatic N) is 1. The number of hydrogen-bond donors (Lipinski definition) is 1. The van der Waals surface area contributed by atoms with Crippen LogP contribution in [0.5, 0.6) is 0 Å². The molecule has 1 heterocycles. The summed E-state index contributed by atoms with van der Waals surface area (Å²) in [5, 5.41) is 10.8. The van der Waals surface area contributed by atoms with Gasteiger partial charge in [0.15, 0.2) is 0 Å². The van der Waals surface area contributed by atoms with Gasteiger partial charge in [-0.25, -0.2) is 0 Å². The average Bonchev–Trinajstić information content (AvgIpc) is 2.35. The van der Waals surface area contributed by atoms with Crippen molar-refractivity contribution in [2.45, 2.75) is 19.4 Å². The van der Waals surface area contributed by atoms with Gasteiger partial charge in [-0.3, -0.25) is 4.98 Å². The summed E-state index contributed by atoms with van der Waals surface area (Å²) in [6.45, 7) is 1.99. The van der Waals surface area contributed by atoms with E-state index in [-0.39, 0.29) is 0 Å². The molecule has 1 aromatic heterocycles. The molecule has 2 nitrogen and oxygen atoms in total. The number of rotatable bonds is 3. The summed E-state index contributed by atoms with van der Waals surface area (Å²) in [7, 11) is 0. The van der Waals surface area contributed by atoms with Crippen molar-refractivity contribution in [1.29, 1.82) is 0 Å². The van der Waals surface area contributed by atoms with Crippen LogP contribution >= 0.6 is 34.2 Å². The van der Waals surface area contributed by atoms with Crippen molar-refractivity contribution in [1.82, 2.24) is 4.98 Å². The molecule has 94 valence electrons. The van der Waals surface area contributed by atoms with Crippen molar-refractivity contribution in [3.8, 4) is 0 Å². The fraction of sp³-hybridized carbons (Fsp3) is 0.214. The number of benzene rings is 1. The zero-order valence-electron chi connectivity index (χ0n) is 9.90. The van der Waals surface area contributed by atoms with E-state index in [1.165, 1.54) is 0 Å². The SMILES string of the molecule is Cc1ccc(CC(O)c2ccc(I)c(Cl)c2)nc1. The van der Waals surface area contributed by atoms with Crippen LogP contribution in [0.4, 0.5) is 0 Å². The van der Waals surface area contributed by atoms with Gasteiger partial charge in [-0.15, -0.1) is 0 Å². The lowest BCUT2D eigenvalue weighted by Crippen LogP contribution is -2.03. The predicted molar refractivity (Wildman–Crippen MR) is 81.8 cm³/mol. The zero-order chi connectivity index (χ0) is 13.1. The minimum absolute atomic E-state index is 0.497. The van der Waals surface area contributed by atoms with Crippen LogP contribution in [0.1, 0.15) is 22.9 Å². The van der Waals surface area contributed by atoms with Crippen LogP contribution in [0.25, 0.3) is 0 Å². The van der Waals surface area contributed by atoms with Gasteiger partial charge in [-0.2, -0.15) is 0 Å². The molecule has 0 fully saturated rings. The summed E-state index contributed by atoms with van der Waals surface area (Å²) in [4.78, 5) is 4.29. The van der Waals surface area contributed by atoms with Crippen molar-refractivity contribution in [2.75, 3.05) is 0 Å². The van der Waals surface area contributed by atoms with E-state index in [2.05, 4.69) is 27.6 Å². The number of halogens is 2. The van der Waals surface area contributed by atoms with Crippen LogP contribution in [0.3, 0.4) is 0 Å². The number of hydrogen-bond acceptors (Lipinski definition) is 2. The van der Waals surface area contributed by atoms with Crippen molar-refractivity contribution in [3.63, 3.8) is 0 Å². The number of aromatic nitrogens is 1. The Hall–Kier alpha value is -0.650. The van der Waals surface area contributed by atoms with E-state index in [0.29, 0.717) is 11.4 Å². The van der Waals surface area contributed by atoms with Gasteiger partial charge in [0.2, 0.25) is 0 Å². The number of pyridine rings is 1. The van der Waals surface area contributed by atoms with Crippen LogP contribution in [-0.2, 0) is 6.42 Å². The molecule has 1 aromatic carbocycles. The summed E-state index contributed by atoms with van der Waals surface area (Å²) in [5.41, 5.74) is 2.82. The molecule has 0 aliphatic rings. The Morgan fingerprint density at radius 2 is 2.11 bits per heavy atom. The maximum Gasteiger partial charge on any atom is 0.0846 e. The topological polar surface area (TPSA) is 33.1 Å². The van der Waals surface area contributed by atoms with Crippen molar-refractivity contribution < 1.29 is 5.11 Å². The van der Waals surface area contributed by atoms with E-state index in [0.717, 1.165) is 20.4 Å². The molecule has 0 bridgehead atoms. The monoisotopic (exact) mass is 373 g/mol. The second kappa shape index (κ2) is 5.99. The maximum absolute atomic E-state index is 10.2. The fourth-order valence-electron chi connectivity index (χ4n) is 1.65. The lowest BCUT2D eigenvalue weighted by Gasteiger charge is -2.11. The van der Waals surface area contributed by atoms with Crippen LogP contribution < -0.4 is 0 Å². The maximum atomic E-state index is 10.2. The van der Waals surface area contributed by atoms with Gasteiger partial charge in [-0.1, -0.05) is 23.7 Å². The van der Waals surface area contributed by atoms with Gasteiger partial charge in [0.05, 0.1) is 11.1 Å². The largest absolute Gasteiger partial charge is 0.388 e. The highest BCUT2D eigenvalue weighted by Crippen LogP contribution is 2.24.